The van der Waals surface area contributed by atoms with Crippen LogP contribution in [0.5, 0.6) is 11.5 Å². The van der Waals surface area contributed by atoms with E-state index in [4.69, 9.17) is 21.4 Å². The molecule has 0 atom stereocenters. The van der Waals surface area contributed by atoms with E-state index >= 15 is 0 Å². The summed E-state index contributed by atoms with van der Waals surface area (Å²) in [6, 6.07) is 11.2. The van der Waals surface area contributed by atoms with E-state index in [0.717, 1.165) is 6.26 Å². The number of carboxylic acids is 1. The van der Waals surface area contributed by atoms with E-state index in [2.05, 4.69) is 0 Å². The van der Waals surface area contributed by atoms with Gasteiger partial charge in [0.1, 0.15) is 12.3 Å². The number of aromatic nitrogens is 1. The van der Waals surface area contributed by atoms with Crippen LogP contribution < -0.4 is 4.74 Å². The number of ether oxygens (including phenoxy) is 1. The van der Waals surface area contributed by atoms with Crippen LogP contribution in [0.1, 0.15) is 5.69 Å². The van der Waals surface area contributed by atoms with Gasteiger partial charge >= 0.3 is 5.97 Å². The number of sulfone groups is 1. The van der Waals surface area contributed by atoms with Crippen molar-refractivity contribution in [1.29, 1.82) is 0 Å². The number of halogens is 1. The summed E-state index contributed by atoms with van der Waals surface area (Å²) in [7, 11) is -3.29. The molecular weight excluding hydrogens is 378 g/mol. The van der Waals surface area contributed by atoms with Gasteiger partial charge in [0.2, 0.25) is 0 Å². The number of aliphatic carboxylic acids is 1. The Morgan fingerprint density at radius 2 is 1.85 bits per heavy atom. The van der Waals surface area contributed by atoms with Crippen LogP contribution in [0.25, 0.3) is 10.9 Å². The number of hydrogen-bond donors (Lipinski definition) is 1. The number of fused-ring (bicyclic) bond motifs is 1. The zero-order valence-electron chi connectivity index (χ0n) is 14.1. The van der Waals surface area contributed by atoms with E-state index in [9.17, 15) is 13.2 Å². The van der Waals surface area contributed by atoms with Crippen molar-refractivity contribution >= 4 is 38.3 Å². The lowest BCUT2D eigenvalue weighted by Crippen LogP contribution is -2.09. The quantitative estimate of drug-likeness (QED) is 0.710. The normalized spacial score (nSPS) is 11.7. The Labute approximate surface area is 155 Å². The molecular formula is C18H16ClNO5S. The smallest absolute Gasteiger partial charge is 0.323 e. The van der Waals surface area contributed by atoms with E-state index < -0.39 is 15.8 Å². The minimum Gasteiger partial charge on any atom is -0.480 e. The summed E-state index contributed by atoms with van der Waals surface area (Å²) >= 11 is 6.08. The first-order valence-electron chi connectivity index (χ1n) is 7.65. The third kappa shape index (κ3) is 3.54. The number of rotatable bonds is 5. The van der Waals surface area contributed by atoms with E-state index in [-0.39, 0.29) is 11.4 Å². The van der Waals surface area contributed by atoms with Gasteiger partial charge in [0.15, 0.2) is 15.6 Å². The average Bonchev–Trinajstić information content (AvgIpc) is 2.79. The Morgan fingerprint density at radius 3 is 2.42 bits per heavy atom. The monoisotopic (exact) mass is 393 g/mol. The number of carbonyl (C=O) groups is 1. The molecule has 0 aliphatic carbocycles. The molecule has 3 aromatic rings. The zero-order valence-corrected chi connectivity index (χ0v) is 15.6. The van der Waals surface area contributed by atoms with Gasteiger partial charge < -0.3 is 14.4 Å². The van der Waals surface area contributed by atoms with Gasteiger partial charge in [-0.2, -0.15) is 0 Å². The molecule has 26 heavy (non-hydrogen) atoms. The van der Waals surface area contributed by atoms with Gasteiger partial charge in [-0.15, -0.1) is 0 Å². The number of benzene rings is 2. The highest BCUT2D eigenvalue weighted by atomic mass is 35.5. The highest BCUT2D eigenvalue weighted by Gasteiger charge is 2.18. The first-order chi connectivity index (χ1) is 12.2. The highest BCUT2D eigenvalue weighted by Crippen LogP contribution is 2.37. The predicted molar refractivity (Wildman–Crippen MR) is 98.9 cm³/mol. The van der Waals surface area contributed by atoms with Crippen molar-refractivity contribution in [2.75, 3.05) is 6.26 Å². The topological polar surface area (TPSA) is 85.6 Å². The number of hydrogen-bond acceptors (Lipinski definition) is 4. The van der Waals surface area contributed by atoms with Crippen LogP contribution in [0.2, 0.25) is 5.02 Å². The third-order valence-corrected chi connectivity index (χ3v) is 5.36. The molecule has 0 spiro atoms. The van der Waals surface area contributed by atoms with E-state index in [1.54, 1.807) is 41.8 Å². The molecule has 0 amide bonds. The lowest BCUT2D eigenvalue weighted by atomic mass is 10.2. The fourth-order valence-corrected chi connectivity index (χ4v) is 3.57. The third-order valence-electron chi connectivity index (χ3n) is 3.99. The van der Waals surface area contributed by atoms with E-state index in [1.165, 1.54) is 12.1 Å². The molecule has 0 aliphatic rings. The van der Waals surface area contributed by atoms with Gasteiger partial charge in [0.05, 0.1) is 16.1 Å². The standard InChI is InChI=1S/C18H16ClNO5S/c1-11-18(25-13-4-6-14(7-5-13)26(2,23)24)15-9-12(19)3-8-16(15)20(11)10-17(21)22/h3-9H,10H2,1-2H3,(H,21,22). The lowest BCUT2D eigenvalue weighted by Gasteiger charge is -2.08. The predicted octanol–water partition coefficient (Wildman–Crippen LogP) is 3.88. The van der Waals surface area contributed by atoms with Crippen molar-refractivity contribution in [3.8, 4) is 11.5 Å². The van der Waals surface area contributed by atoms with Crippen LogP contribution in [-0.4, -0.2) is 30.3 Å². The van der Waals surface area contributed by atoms with Gasteiger partial charge in [-0.25, -0.2) is 8.42 Å². The zero-order chi connectivity index (χ0) is 19.1. The van der Waals surface area contributed by atoms with Crippen LogP contribution >= 0.6 is 11.6 Å². The Kier molecular flexibility index (Phi) is 4.68. The van der Waals surface area contributed by atoms with Crippen molar-refractivity contribution in [2.24, 2.45) is 0 Å². The molecule has 0 fully saturated rings. The van der Waals surface area contributed by atoms with Crippen molar-refractivity contribution < 1.29 is 23.1 Å². The summed E-state index contributed by atoms with van der Waals surface area (Å²) < 4.78 is 30.7. The lowest BCUT2D eigenvalue weighted by molar-refractivity contribution is -0.137. The van der Waals surface area contributed by atoms with Crippen LogP contribution in [0.3, 0.4) is 0 Å². The largest absolute Gasteiger partial charge is 0.480 e. The van der Waals surface area contributed by atoms with Gasteiger partial charge in [0.25, 0.3) is 0 Å². The summed E-state index contributed by atoms with van der Waals surface area (Å²) in [6.07, 6.45) is 1.13. The molecule has 0 aliphatic heterocycles. The molecule has 0 radical (unpaired) electrons. The maximum absolute atomic E-state index is 11.6. The SMILES string of the molecule is Cc1c(Oc2ccc(S(C)(=O)=O)cc2)c2cc(Cl)ccc2n1CC(=O)O. The number of nitrogens with zero attached hydrogens (tertiary/aromatic N) is 1. The molecule has 1 heterocycles. The van der Waals surface area contributed by atoms with Crippen LogP contribution in [0.4, 0.5) is 0 Å². The summed E-state index contributed by atoms with van der Waals surface area (Å²) in [5.41, 5.74) is 1.33. The Morgan fingerprint density at radius 1 is 1.19 bits per heavy atom. The highest BCUT2D eigenvalue weighted by molar-refractivity contribution is 7.90. The van der Waals surface area contributed by atoms with Gasteiger partial charge in [-0.05, 0) is 49.4 Å². The molecule has 3 rings (SSSR count). The molecule has 0 bridgehead atoms. The van der Waals surface area contributed by atoms with Crippen LogP contribution in [0.15, 0.2) is 47.4 Å². The van der Waals surface area contributed by atoms with Crippen LogP contribution in [0, 0.1) is 6.92 Å². The van der Waals surface area contributed by atoms with Crippen LogP contribution in [-0.2, 0) is 21.2 Å². The maximum Gasteiger partial charge on any atom is 0.323 e. The maximum atomic E-state index is 11.6. The minimum atomic E-state index is -3.29. The summed E-state index contributed by atoms with van der Waals surface area (Å²) in [5, 5.41) is 10.4. The fourth-order valence-electron chi connectivity index (χ4n) is 2.76. The molecule has 136 valence electrons. The van der Waals surface area contributed by atoms with E-state index in [0.29, 0.717) is 33.1 Å². The molecule has 0 saturated heterocycles. The molecule has 0 saturated carbocycles. The fraction of sp³-hybridized carbons (Fsp3) is 0.167. The Bertz CT molecular complexity index is 1100. The Hall–Kier alpha value is -2.51. The summed E-state index contributed by atoms with van der Waals surface area (Å²) in [5.74, 6) is -0.0466. The van der Waals surface area contributed by atoms with Crippen molar-refractivity contribution in [3.63, 3.8) is 0 Å². The van der Waals surface area contributed by atoms with E-state index in [1.807, 2.05) is 0 Å². The van der Waals surface area contributed by atoms with Crippen molar-refractivity contribution in [3.05, 3.63) is 53.2 Å². The van der Waals surface area contributed by atoms with Gasteiger partial charge in [-0.1, -0.05) is 11.6 Å². The van der Waals surface area contributed by atoms with Crippen molar-refractivity contribution in [1.82, 2.24) is 4.57 Å². The molecule has 0 unspecified atom stereocenters. The second-order valence-electron chi connectivity index (χ2n) is 5.90. The molecule has 8 heteroatoms. The summed E-state index contributed by atoms with van der Waals surface area (Å²) in [4.78, 5) is 11.4. The Balaban J connectivity index is 2.08. The second-order valence-corrected chi connectivity index (χ2v) is 8.35. The molecule has 2 aromatic carbocycles. The van der Waals surface area contributed by atoms with Gasteiger partial charge in [-0.3, -0.25) is 4.79 Å². The molecule has 1 N–H and O–H groups in total. The number of carboxylic acid groups (broad SMARTS) is 1. The first-order valence-corrected chi connectivity index (χ1v) is 9.92. The second kappa shape index (κ2) is 6.66. The molecule has 6 nitrogen and oxygen atoms in total. The average molecular weight is 394 g/mol. The van der Waals surface area contributed by atoms with Crippen molar-refractivity contribution in [2.45, 2.75) is 18.4 Å². The minimum absolute atomic E-state index is 0.193. The van der Waals surface area contributed by atoms with Gasteiger partial charge in [0, 0.05) is 16.7 Å². The first kappa shape index (κ1) is 18.3. The summed E-state index contributed by atoms with van der Waals surface area (Å²) in [6.45, 7) is 1.55. The molecule has 1 aromatic heterocycles.